The average Bonchev–Trinajstić information content (AvgIpc) is 2.92. The molecule has 0 spiro atoms. The molecule has 1 amide bonds. The third-order valence-corrected chi connectivity index (χ3v) is 5.68. The van der Waals surface area contributed by atoms with Gasteiger partial charge in [0.25, 0.3) is 0 Å². The van der Waals surface area contributed by atoms with Crippen LogP contribution in [0, 0.1) is 5.92 Å². The number of amides is 1. The van der Waals surface area contributed by atoms with Gasteiger partial charge in [0, 0.05) is 36.6 Å². The van der Waals surface area contributed by atoms with Crippen LogP contribution in [0.1, 0.15) is 64.5 Å². The number of hydrogen-bond donors (Lipinski definition) is 3. The molecule has 4 nitrogen and oxygen atoms in total. The highest BCUT2D eigenvalue weighted by molar-refractivity contribution is 5.85. The van der Waals surface area contributed by atoms with E-state index in [-0.39, 0.29) is 42.3 Å². The Morgan fingerprint density at radius 3 is 2.33 bits per heavy atom. The minimum absolute atomic E-state index is 0. The van der Waals surface area contributed by atoms with Crippen LogP contribution in [0.5, 0.6) is 0 Å². The minimum atomic E-state index is -0.141. The molecule has 3 unspecified atom stereocenters. The Hall–Kier alpha value is -0.810. The lowest BCUT2D eigenvalue weighted by atomic mass is 9.89. The fourth-order valence-corrected chi connectivity index (χ4v) is 4.46. The lowest BCUT2D eigenvalue weighted by Crippen LogP contribution is -2.50. The highest BCUT2D eigenvalue weighted by Crippen LogP contribution is 2.32. The highest BCUT2D eigenvalue weighted by Gasteiger charge is 2.34. The normalized spacial score (nSPS) is 25.1. The van der Waals surface area contributed by atoms with Gasteiger partial charge in [-0.2, -0.15) is 0 Å². The molecule has 3 N–H and O–H groups in total. The Bertz CT molecular complexity index is 570. The summed E-state index contributed by atoms with van der Waals surface area (Å²) >= 11 is 0. The molecule has 0 radical (unpaired) electrons. The zero-order valence-corrected chi connectivity index (χ0v) is 18.3. The number of rotatable bonds is 7. The molecular weight excluding hydrogens is 381 g/mol. The predicted molar refractivity (Wildman–Crippen MR) is 117 cm³/mol. The van der Waals surface area contributed by atoms with Crippen LogP contribution < -0.4 is 16.0 Å². The summed E-state index contributed by atoms with van der Waals surface area (Å²) in [5.74, 6) is 0.756. The maximum Gasteiger partial charge on any atom is 0.220 e. The fourth-order valence-electron chi connectivity index (χ4n) is 4.46. The van der Waals surface area contributed by atoms with Crippen molar-refractivity contribution in [2.45, 2.75) is 76.5 Å². The fraction of sp³-hybridized carbons (Fsp3) is 0.667. The van der Waals surface area contributed by atoms with Crippen molar-refractivity contribution in [1.29, 1.82) is 0 Å². The number of benzene rings is 1. The summed E-state index contributed by atoms with van der Waals surface area (Å²) in [6.45, 7) is 7.12. The van der Waals surface area contributed by atoms with Crippen molar-refractivity contribution in [1.82, 2.24) is 16.0 Å². The SMILES string of the molecule is CC(NC(C)(C)CNC(=O)CC1CC2CCC(C1)N2)c1ccccc1.Cl.Cl. The zero-order chi connectivity index (χ0) is 17.9. The van der Waals surface area contributed by atoms with Crippen LogP contribution in [0.4, 0.5) is 0 Å². The first-order valence-electron chi connectivity index (χ1n) is 9.77. The van der Waals surface area contributed by atoms with Crippen LogP contribution in [-0.4, -0.2) is 30.1 Å². The maximum absolute atomic E-state index is 12.4. The van der Waals surface area contributed by atoms with Crippen molar-refractivity contribution in [2.24, 2.45) is 5.92 Å². The van der Waals surface area contributed by atoms with E-state index in [0.717, 1.165) is 12.8 Å². The summed E-state index contributed by atoms with van der Waals surface area (Å²) in [6, 6.07) is 12.0. The Morgan fingerprint density at radius 2 is 1.74 bits per heavy atom. The van der Waals surface area contributed by atoms with E-state index >= 15 is 0 Å². The molecule has 2 aliphatic rings. The van der Waals surface area contributed by atoms with Crippen LogP contribution in [-0.2, 0) is 4.79 Å². The van der Waals surface area contributed by atoms with Gasteiger partial charge >= 0.3 is 0 Å². The standard InChI is InChI=1S/C21H33N3O.2ClH/c1-15(17-7-5-4-6-8-17)24-21(2,3)14-22-20(25)13-16-11-18-9-10-19(12-16)23-18;;/h4-8,15-16,18-19,23-24H,9-14H2,1-3H3,(H,22,25);2*1H. The van der Waals surface area contributed by atoms with E-state index < -0.39 is 0 Å². The second-order valence-electron chi connectivity index (χ2n) is 8.62. The van der Waals surface area contributed by atoms with E-state index in [1.807, 2.05) is 6.07 Å². The molecule has 27 heavy (non-hydrogen) atoms. The first-order chi connectivity index (χ1) is 11.9. The minimum Gasteiger partial charge on any atom is -0.354 e. The van der Waals surface area contributed by atoms with E-state index in [4.69, 9.17) is 0 Å². The summed E-state index contributed by atoms with van der Waals surface area (Å²) in [6.07, 6.45) is 5.58. The van der Waals surface area contributed by atoms with E-state index in [1.54, 1.807) is 0 Å². The van der Waals surface area contributed by atoms with Crippen molar-refractivity contribution in [3.8, 4) is 0 Å². The molecule has 3 atom stereocenters. The molecule has 3 rings (SSSR count). The van der Waals surface area contributed by atoms with E-state index in [1.165, 1.54) is 18.4 Å². The molecule has 0 aromatic heterocycles. The third-order valence-electron chi connectivity index (χ3n) is 5.68. The van der Waals surface area contributed by atoms with Gasteiger partial charge in [0.2, 0.25) is 5.91 Å². The Morgan fingerprint density at radius 1 is 1.15 bits per heavy atom. The number of carbonyl (C=O) groups excluding carboxylic acids is 1. The topological polar surface area (TPSA) is 53.2 Å². The average molecular weight is 416 g/mol. The van der Waals surface area contributed by atoms with Gasteiger partial charge in [-0.05, 0) is 57.9 Å². The largest absolute Gasteiger partial charge is 0.354 e. The van der Waals surface area contributed by atoms with Gasteiger partial charge < -0.3 is 16.0 Å². The van der Waals surface area contributed by atoms with Crippen molar-refractivity contribution in [2.75, 3.05) is 6.54 Å². The maximum atomic E-state index is 12.4. The van der Waals surface area contributed by atoms with Crippen LogP contribution in [0.25, 0.3) is 0 Å². The third kappa shape index (κ3) is 7.26. The van der Waals surface area contributed by atoms with Gasteiger partial charge in [-0.25, -0.2) is 0 Å². The number of carbonyl (C=O) groups is 1. The number of nitrogens with one attached hydrogen (secondary N) is 3. The molecule has 0 saturated carbocycles. The van der Waals surface area contributed by atoms with Gasteiger partial charge in [-0.3, -0.25) is 4.79 Å². The van der Waals surface area contributed by atoms with Gasteiger partial charge in [-0.15, -0.1) is 24.8 Å². The zero-order valence-electron chi connectivity index (χ0n) is 16.7. The summed E-state index contributed by atoms with van der Waals surface area (Å²) in [4.78, 5) is 12.4. The number of fused-ring (bicyclic) bond motifs is 2. The predicted octanol–water partition coefficient (Wildman–Crippen LogP) is 4.00. The second kappa shape index (κ2) is 10.7. The van der Waals surface area contributed by atoms with Crippen molar-refractivity contribution >= 4 is 30.7 Å². The molecule has 2 bridgehead atoms. The number of hydrogen-bond acceptors (Lipinski definition) is 3. The van der Waals surface area contributed by atoms with E-state index in [0.29, 0.717) is 31.0 Å². The van der Waals surface area contributed by atoms with Crippen LogP contribution in [0.15, 0.2) is 30.3 Å². The summed E-state index contributed by atoms with van der Waals surface area (Å²) in [7, 11) is 0. The molecular formula is C21H35Cl2N3O. The highest BCUT2D eigenvalue weighted by atomic mass is 35.5. The van der Waals surface area contributed by atoms with Crippen LogP contribution >= 0.6 is 24.8 Å². The molecule has 1 aromatic carbocycles. The van der Waals surface area contributed by atoms with E-state index in [9.17, 15) is 4.79 Å². The lowest BCUT2D eigenvalue weighted by molar-refractivity contribution is -0.122. The van der Waals surface area contributed by atoms with Gasteiger partial charge in [0.15, 0.2) is 0 Å². The first kappa shape index (κ1) is 24.2. The van der Waals surface area contributed by atoms with Crippen molar-refractivity contribution in [3.05, 3.63) is 35.9 Å². The van der Waals surface area contributed by atoms with Crippen molar-refractivity contribution < 1.29 is 4.79 Å². The summed E-state index contributed by atoms with van der Waals surface area (Å²) in [5, 5.41) is 10.4. The molecule has 2 saturated heterocycles. The molecule has 2 aliphatic heterocycles. The summed E-state index contributed by atoms with van der Waals surface area (Å²) in [5.41, 5.74) is 1.13. The molecule has 6 heteroatoms. The molecule has 2 fully saturated rings. The van der Waals surface area contributed by atoms with Gasteiger partial charge in [0.05, 0.1) is 0 Å². The first-order valence-corrected chi connectivity index (χ1v) is 9.77. The smallest absolute Gasteiger partial charge is 0.220 e. The second-order valence-corrected chi connectivity index (χ2v) is 8.62. The molecule has 0 aliphatic carbocycles. The Kier molecular flexibility index (Phi) is 9.56. The van der Waals surface area contributed by atoms with E-state index in [2.05, 4.69) is 61.0 Å². The van der Waals surface area contributed by atoms with Crippen LogP contribution in [0.3, 0.4) is 0 Å². The number of piperidine rings is 1. The number of halogens is 2. The molecule has 2 heterocycles. The molecule has 154 valence electrons. The lowest BCUT2D eigenvalue weighted by Gasteiger charge is -2.32. The quantitative estimate of drug-likeness (QED) is 0.630. The molecule has 1 aromatic rings. The van der Waals surface area contributed by atoms with Gasteiger partial charge in [-0.1, -0.05) is 30.3 Å². The van der Waals surface area contributed by atoms with Crippen LogP contribution in [0.2, 0.25) is 0 Å². The Balaban J connectivity index is 0.00000182. The summed E-state index contributed by atoms with van der Waals surface area (Å²) < 4.78 is 0. The monoisotopic (exact) mass is 415 g/mol. The Labute approximate surface area is 176 Å². The van der Waals surface area contributed by atoms with Crippen molar-refractivity contribution in [3.63, 3.8) is 0 Å². The van der Waals surface area contributed by atoms with Gasteiger partial charge in [0.1, 0.15) is 0 Å².